The molecule has 0 saturated heterocycles. The molecule has 2 rings (SSSR count). The number of hydrogen-bond acceptors (Lipinski definition) is 4. The van der Waals surface area contributed by atoms with E-state index in [0.29, 0.717) is 0 Å². The monoisotopic (exact) mass is 402 g/mol. The van der Waals surface area contributed by atoms with Gasteiger partial charge in [0.2, 0.25) is 5.91 Å². The molecule has 0 aliphatic heterocycles. The average molecular weight is 402 g/mol. The van der Waals surface area contributed by atoms with Gasteiger partial charge in [-0.1, -0.05) is 36.4 Å². The molecule has 0 spiro atoms. The van der Waals surface area contributed by atoms with Crippen LogP contribution in [0.1, 0.15) is 19.4 Å². The first-order valence-corrected chi connectivity index (χ1v) is 8.77. The maximum absolute atomic E-state index is 13.6. The Morgan fingerprint density at radius 1 is 0.966 bits per heavy atom. The van der Waals surface area contributed by atoms with Crippen LogP contribution in [-0.4, -0.2) is 29.9 Å². The molecular formula is C21H20F2N2O4. The summed E-state index contributed by atoms with van der Waals surface area (Å²) in [6.45, 7) is 2.63. The Balaban J connectivity index is 1.87. The van der Waals surface area contributed by atoms with E-state index in [1.807, 2.05) is 23.5 Å². The molecule has 2 aromatic carbocycles. The van der Waals surface area contributed by atoms with Crippen LogP contribution >= 0.6 is 0 Å². The molecule has 6 nitrogen and oxygen atoms in total. The number of rotatable bonds is 7. The lowest BCUT2D eigenvalue weighted by Gasteiger charge is -2.17. The molecule has 0 saturated carbocycles. The van der Waals surface area contributed by atoms with Crippen LogP contribution in [-0.2, 0) is 19.1 Å². The van der Waals surface area contributed by atoms with Crippen molar-refractivity contribution in [1.29, 1.82) is 0 Å². The topological polar surface area (TPSA) is 84.5 Å². The number of carbonyl (C=O) groups is 3. The number of nitrogens with one attached hydrogen (secondary N) is 2. The summed E-state index contributed by atoms with van der Waals surface area (Å²) in [5, 5.41) is 4.45. The van der Waals surface area contributed by atoms with Crippen LogP contribution in [0.5, 0.6) is 0 Å². The zero-order valence-corrected chi connectivity index (χ0v) is 15.8. The molecule has 0 aromatic heterocycles. The fourth-order valence-electron chi connectivity index (χ4n) is 2.23. The van der Waals surface area contributed by atoms with E-state index in [1.54, 1.807) is 18.2 Å². The van der Waals surface area contributed by atoms with Crippen molar-refractivity contribution in [3.8, 4) is 0 Å². The molecule has 152 valence electrons. The van der Waals surface area contributed by atoms with Gasteiger partial charge in [-0.05, 0) is 37.6 Å². The Hall–Kier alpha value is -3.55. The van der Waals surface area contributed by atoms with Crippen molar-refractivity contribution in [3.63, 3.8) is 0 Å². The second-order valence-electron chi connectivity index (χ2n) is 6.14. The third-order valence-electron chi connectivity index (χ3n) is 3.81. The lowest BCUT2D eigenvalue weighted by Crippen LogP contribution is -2.41. The van der Waals surface area contributed by atoms with Crippen molar-refractivity contribution >= 4 is 29.5 Å². The van der Waals surface area contributed by atoms with Crippen molar-refractivity contribution in [1.82, 2.24) is 5.32 Å². The summed E-state index contributed by atoms with van der Waals surface area (Å²) in [5.74, 6) is -4.22. The van der Waals surface area contributed by atoms with Crippen molar-refractivity contribution < 1.29 is 27.9 Å². The Kier molecular flexibility index (Phi) is 7.59. The lowest BCUT2D eigenvalue weighted by atomic mass is 10.2. The molecule has 2 aromatic rings. The van der Waals surface area contributed by atoms with Crippen LogP contribution in [0, 0.1) is 11.6 Å². The third kappa shape index (κ3) is 6.53. The molecule has 0 heterocycles. The SMILES string of the molecule is C[C@H](NC(=O)/C=C/c1ccccc1)C(=O)O[C@H](C)C(=O)Nc1c(F)cccc1F. The number of benzene rings is 2. The molecule has 2 amide bonds. The van der Waals surface area contributed by atoms with E-state index in [-0.39, 0.29) is 0 Å². The van der Waals surface area contributed by atoms with Crippen LogP contribution < -0.4 is 10.6 Å². The Morgan fingerprint density at radius 2 is 1.59 bits per heavy atom. The van der Waals surface area contributed by atoms with Gasteiger partial charge in [-0.25, -0.2) is 13.6 Å². The van der Waals surface area contributed by atoms with Crippen LogP contribution in [0.4, 0.5) is 14.5 Å². The minimum Gasteiger partial charge on any atom is -0.451 e. The summed E-state index contributed by atoms with van der Waals surface area (Å²) in [6, 6.07) is 11.2. The summed E-state index contributed by atoms with van der Waals surface area (Å²) in [7, 11) is 0. The largest absolute Gasteiger partial charge is 0.451 e. The summed E-state index contributed by atoms with van der Waals surface area (Å²) in [5.41, 5.74) is 0.177. The molecule has 2 atom stereocenters. The highest BCUT2D eigenvalue weighted by molar-refractivity contribution is 5.97. The molecule has 2 N–H and O–H groups in total. The van der Waals surface area contributed by atoms with Gasteiger partial charge < -0.3 is 15.4 Å². The van der Waals surface area contributed by atoms with Crippen LogP contribution in [0.25, 0.3) is 6.08 Å². The van der Waals surface area contributed by atoms with Gasteiger partial charge in [0.1, 0.15) is 23.4 Å². The molecule has 0 bridgehead atoms. The van der Waals surface area contributed by atoms with Crippen LogP contribution in [0.3, 0.4) is 0 Å². The molecule has 0 radical (unpaired) electrons. The second kappa shape index (κ2) is 10.1. The minimum absolute atomic E-state index is 0.524. The Labute approximate surface area is 166 Å². The predicted molar refractivity (Wildman–Crippen MR) is 104 cm³/mol. The highest BCUT2D eigenvalue weighted by Gasteiger charge is 2.24. The number of hydrogen-bond donors (Lipinski definition) is 2. The van der Waals surface area contributed by atoms with E-state index < -0.39 is 47.3 Å². The van der Waals surface area contributed by atoms with Gasteiger partial charge >= 0.3 is 5.97 Å². The first-order chi connectivity index (χ1) is 13.8. The van der Waals surface area contributed by atoms with E-state index in [2.05, 4.69) is 5.32 Å². The van der Waals surface area contributed by atoms with E-state index in [4.69, 9.17) is 4.74 Å². The normalized spacial score (nSPS) is 12.8. The van der Waals surface area contributed by atoms with E-state index in [0.717, 1.165) is 23.8 Å². The highest BCUT2D eigenvalue weighted by atomic mass is 19.1. The fourth-order valence-corrected chi connectivity index (χ4v) is 2.23. The minimum atomic E-state index is -1.33. The molecule has 0 aliphatic carbocycles. The maximum Gasteiger partial charge on any atom is 0.329 e. The van der Waals surface area contributed by atoms with Gasteiger partial charge in [0, 0.05) is 6.08 Å². The number of amides is 2. The van der Waals surface area contributed by atoms with Crippen molar-refractivity contribution in [2.75, 3.05) is 5.32 Å². The quantitative estimate of drug-likeness (QED) is 0.551. The van der Waals surface area contributed by atoms with E-state index in [1.165, 1.54) is 19.9 Å². The Morgan fingerprint density at radius 3 is 2.21 bits per heavy atom. The van der Waals surface area contributed by atoms with Crippen molar-refractivity contribution in [3.05, 3.63) is 71.8 Å². The van der Waals surface area contributed by atoms with Crippen molar-refractivity contribution in [2.45, 2.75) is 26.0 Å². The summed E-state index contributed by atoms with van der Waals surface area (Å²) in [4.78, 5) is 36.0. The van der Waals surface area contributed by atoms with Gasteiger partial charge in [-0.15, -0.1) is 0 Å². The van der Waals surface area contributed by atoms with Crippen LogP contribution in [0.2, 0.25) is 0 Å². The number of carbonyl (C=O) groups excluding carboxylic acids is 3. The highest BCUT2D eigenvalue weighted by Crippen LogP contribution is 2.18. The molecule has 29 heavy (non-hydrogen) atoms. The number of anilines is 1. The number of para-hydroxylation sites is 1. The Bertz CT molecular complexity index is 896. The zero-order valence-electron chi connectivity index (χ0n) is 15.8. The maximum atomic E-state index is 13.6. The summed E-state index contributed by atoms with van der Waals surface area (Å²) < 4.78 is 32.1. The van der Waals surface area contributed by atoms with Gasteiger partial charge in [-0.2, -0.15) is 0 Å². The third-order valence-corrected chi connectivity index (χ3v) is 3.81. The average Bonchev–Trinajstić information content (AvgIpc) is 2.69. The first-order valence-electron chi connectivity index (χ1n) is 8.77. The molecular weight excluding hydrogens is 382 g/mol. The molecule has 0 fully saturated rings. The molecule has 8 heteroatoms. The second-order valence-corrected chi connectivity index (χ2v) is 6.14. The van der Waals surface area contributed by atoms with Gasteiger partial charge in [0.25, 0.3) is 5.91 Å². The number of esters is 1. The zero-order chi connectivity index (χ0) is 21.4. The predicted octanol–water partition coefficient (Wildman–Crippen LogP) is 3.05. The first kappa shape index (κ1) is 21.7. The van der Waals surface area contributed by atoms with Gasteiger partial charge in [0.05, 0.1) is 0 Å². The number of ether oxygens (including phenoxy) is 1. The van der Waals surface area contributed by atoms with Crippen LogP contribution in [0.15, 0.2) is 54.6 Å². The van der Waals surface area contributed by atoms with E-state index >= 15 is 0 Å². The fraction of sp³-hybridized carbons (Fsp3) is 0.190. The molecule has 0 aliphatic rings. The lowest BCUT2D eigenvalue weighted by molar-refractivity contribution is -0.155. The summed E-state index contributed by atoms with van der Waals surface area (Å²) in [6.07, 6.45) is 1.50. The smallest absolute Gasteiger partial charge is 0.329 e. The van der Waals surface area contributed by atoms with Gasteiger partial charge in [0.15, 0.2) is 6.10 Å². The van der Waals surface area contributed by atoms with Gasteiger partial charge in [-0.3, -0.25) is 9.59 Å². The summed E-state index contributed by atoms with van der Waals surface area (Å²) >= 11 is 0. The number of halogens is 2. The molecule has 0 unspecified atom stereocenters. The van der Waals surface area contributed by atoms with E-state index in [9.17, 15) is 23.2 Å². The standard InChI is InChI=1S/C21H20F2N2O4/c1-13(24-18(26)12-11-15-7-4-3-5-8-15)21(28)29-14(2)20(27)25-19-16(22)9-6-10-17(19)23/h3-14H,1-2H3,(H,24,26)(H,25,27)/b12-11+/t13-,14+/m0/s1. The van der Waals surface area contributed by atoms with Crippen molar-refractivity contribution in [2.24, 2.45) is 0 Å².